The first-order valence-corrected chi connectivity index (χ1v) is 7.04. The number of hydrogen-bond donors (Lipinski definition) is 1. The fourth-order valence-corrected chi connectivity index (χ4v) is 2.34. The minimum absolute atomic E-state index is 0.321. The van der Waals surface area contributed by atoms with Crippen LogP contribution in [0.15, 0.2) is 42.7 Å². The van der Waals surface area contributed by atoms with E-state index in [-0.39, 0.29) is 0 Å². The smallest absolute Gasteiger partial charge is 0.124 e. The highest BCUT2D eigenvalue weighted by Gasteiger charge is 2.12. The third-order valence-corrected chi connectivity index (χ3v) is 3.38. The zero-order valence-electron chi connectivity index (χ0n) is 12.4. The molecule has 0 radical (unpaired) electrons. The molecule has 0 fully saturated rings. The second-order valence-corrected chi connectivity index (χ2v) is 4.95. The van der Waals surface area contributed by atoms with Gasteiger partial charge in [0.25, 0.3) is 0 Å². The van der Waals surface area contributed by atoms with Crippen LogP contribution in [0.25, 0.3) is 0 Å². The van der Waals surface area contributed by atoms with Gasteiger partial charge in [-0.15, -0.1) is 0 Å². The van der Waals surface area contributed by atoms with Gasteiger partial charge in [0.05, 0.1) is 0 Å². The molecule has 3 heteroatoms. The molecule has 1 atom stereocenters. The summed E-state index contributed by atoms with van der Waals surface area (Å²) in [6, 6.07) is 10.6. The van der Waals surface area contributed by atoms with Gasteiger partial charge in [-0.25, -0.2) is 0 Å². The van der Waals surface area contributed by atoms with E-state index in [1.54, 1.807) is 0 Å². The zero-order valence-corrected chi connectivity index (χ0v) is 12.4. The number of ether oxygens (including phenoxy) is 1. The van der Waals surface area contributed by atoms with E-state index >= 15 is 0 Å². The minimum Gasteiger partial charge on any atom is -0.489 e. The molecule has 1 N–H and O–H groups in total. The molecule has 106 valence electrons. The van der Waals surface area contributed by atoms with Crippen LogP contribution in [0.2, 0.25) is 0 Å². The molecule has 2 aromatic rings. The molecule has 0 aliphatic heterocycles. The highest BCUT2D eigenvalue weighted by molar-refractivity contribution is 5.36. The van der Waals surface area contributed by atoms with Crippen molar-refractivity contribution in [1.29, 1.82) is 0 Å². The third kappa shape index (κ3) is 3.58. The molecule has 1 heterocycles. The summed E-state index contributed by atoms with van der Waals surface area (Å²) >= 11 is 0. The summed E-state index contributed by atoms with van der Waals surface area (Å²) in [5, 5.41) is 3.32. The predicted octanol–water partition coefficient (Wildman–Crippen LogP) is 3.64. The van der Waals surface area contributed by atoms with Gasteiger partial charge in [0, 0.05) is 29.6 Å². The summed E-state index contributed by atoms with van der Waals surface area (Å²) in [6.45, 7) is 4.76. The number of rotatable bonds is 6. The van der Waals surface area contributed by atoms with E-state index in [0.717, 1.165) is 23.3 Å². The summed E-state index contributed by atoms with van der Waals surface area (Å²) in [7, 11) is 1.98. The quantitative estimate of drug-likeness (QED) is 0.870. The van der Waals surface area contributed by atoms with Crippen molar-refractivity contribution in [2.45, 2.75) is 32.9 Å². The lowest BCUT2D eigenvalue weighted by atomic mass is 10.0. The molecular formula is C17H22N2O. The van der Waals surface area contributed by atoms with Gasteiger partial charge in [0.2, 0.25) is 0 Å². The lowest BCUT2D eigenvalue weighted by Crippen LogP contribution is -2.16. The third-order valence-electron chi connectivity index (χ3n) is 3.38. The Morgan fingerprint density at radius 3 is 2.75 bits per heavy atom. The predicted molar refractivity (Wildman–Crippen MR) is 81.8 cm³/mol. The number of aryl methyl sites for hydroxylation is 1. The molecule has 0 aliphatic carbocycles. The Morgan fingerprint density at radius 2 is 2.05 bits per heavy atom. The molecule has 1 aromatic heterocycles. The molecule has 1 aromatic carbocycles. The van der Waals surface area contributed by atoms with Gasteiger partial charge < -0.3 is 10.1 Å². The minimum atomic E-state index is 0.321. The van der Waals surface area contributed by atoms with Crippen LogP contribution in [0, 0.1) is 6.92 Å². The molecule has 1 unspecified atom stereocenters. The van der Waals surface area contributed by atoms with Gasteiger partial charge in [-0.2, -0.15) is 0 Å². The van der Waals surface area contributed by atoms with Gasteiger partial charge in [-0.1, -0.05) is 25.1 Å². The van der Waals surface area contributed by atoms with E-state index in [2.05, 4.69) is 35.4 Å². The number of nitrogens with zero attached hydrogens (tertiary/aromatic N) is 1. The highest BCUT2D eigenvalue weighted by Crippen LogP contribution is 2.27. The van der Waals surface area contributed by atoms with Gasteiger partial charge in [0.15, 0.2) is 0 Å². The van der Waals surface area contributed by atoms with Crippen LogP contribution in [0.5, 0.6) is 5.75 Å². The van der Waals surface area contributed by atoms with E-state index in [4.69, 9.17) is 4.74 Å². The van der Waals surface area contributed by atoms with Crippen molar-refractivity contribution >= 4 is 0 Å². The van der Waals surface area contributed by atoms with Gasteiger partial charge in [-0.3, -0.25) is 4.98 Å². The van der Waals surface area contributed by atoms with E-state index < -0.39 is 0 Å². The number of para-hydroxylation sites is 1. The molecule has 0 spiro atoms. The Bertz CT molecular complexity index is 550. The fraction of sp³-hybridized carbons (Fsp3) is 0.353. The molecule has 0 saturated heterocycles. The van der Waals surface area contributed by atoms with E-state index in [9.17, 15) is 0 Å². The summed E-state index contributed by atoms with van der Waals surface area (Å²) in [6.07, 6.45) is 4.74. The first kappa shape index (κ1) is 14.5. The topological polar surface area (TPSA) is 34.1 Å². The summed E-state index contributed by atoms with van der Waals surface area (Å²) in [4.78, 5) is 4.19. The van der Waals surface area contributed by atoms with Crippen molar-refractivity contribution in [1.82, 2.24) is 10.3 Å². The van der Waals surface area contributed by atoms with Crippen LogP contribution in [0.3, 0.4) is 0 Å². The SMILES string of the molecule is CCC(NC)c1ccccc1OCc1cncc(C)c1. The van der Waals surface area contributed by atoms with Crippen LogP contribution in [-0.2, 0) is 6.61 Å². The van der Waals surface area contributed by atoms with Crippen LogP contribution in [0.4, 0.5) is 0 Å². The average Bonchev–Trinajstić information content (AvgIpc) is 2.48. The largest absolute Gasteiger partial charge is 0.489 e. The van der Waals surface area contributed by atoms with Crippen LogP contribution >= 0.6 is 0 Å². The lowest BCUT2D eigenvalue weighted by Gasteiger charge is -2.18. The van der Waals surface area contributed by atoms with E-state index in [0.29, 0.717) is 12.6 Å². The van der Waals surface area contributed by atoms with E-state index in [1.165, 1.54) is 5.56 Å². The molecule has 0 saturated carbocycles. The lowest BCUT2D eigenvalue weighted by molar-refractivity contribution is 0.298. The number of nitrogens with one attached hydrogen (secondary N) is 1. The maximum Gasteiger partial charge on any atom is 0.124 e. The number of pyridine rings is 1. The van der Waals surface area contributed by atoms with Crippen molar-refractivity contribution in [3.05, 3.63) is 59.4 Å². The Hall–Kier alpha value is -1.87. The van der Waals surface area contributed by atoms with Crippen molar-refractivity contribution < 1.29 is 4.74 Å². The van der Waals surface area contributed by atoms with Crippen LogP contribution in [0.1, 0.15) is 36.1 Å². The number of benzene rings is 1. The number of aromatic nitrogens is 1. The maximum absolute atomic E-state index is 5.98. The van der Waals surface area contributed by atoms with E-state index in [1.807, 2.05) is 38.5 Å². The van der Waals surface area contributed by atoms with Crippen molar-refractivity contribution in [3.63, 3.8) is 0 Å². The van der Waals surface area contributed by atoms with Gasteiger partial charge in [0.1, 0.15) is 12.4 Å². The monoisotopic (exact) mass is 270 g/mol. The van der Waals surface area contributed by atoms with Gasteiger partial charge >= 0.3 is 0 Å². The normalized spacial score (nSPS) is 12.2. The zero-order chi connectivity index (χ0) is 14.4. The highest BCUT2D eigenvalue weighted by atomic mass is 16.5. The Morgan fingerprint density at radius 1 is 1.25 bits per heavy atom. The van der Waals surface area contributed by atoms with Crippen molar-refractivity contribution in [2.24, 2.45) is 0 Å². The Labute approximate surface area is 121 Å². The second kappa shape index (κ2) is 7.06. The molecule has 0 aliphatic rings. The Kier molecular flexibility index (Phi) is 5.13. The molecule has 20 heavy (non-hydrogen) atoms. The Balaban J connectivity index is 2.13. The first-order chi connectivity index (χ1) is 9.74. The maximum atomic E-state index is 5.98. The summed E-state index contributed by atoms with van der Waals surface area (Å²) in [5.74, 6) is 0.940. The first-order valence-electron chi connectivity index (χ1n) is 7.04. The van der Waals surface area contributed by atoms with Gasteiger partial charge in [-0.05, 0) is 38.1 Å². The van der Waals surface area contributed by atoms with Crippen molar-refractivity contribution in [2.75, 3.05) is 7.05 Å². The van der Waals surface area contributed by atoms with Crippen LogP contribution < -0.4 is 10.1 Å². The summed E-state index contributed by atoms with van der Waals surface area (Å²) < 4.78 is 5.98. The molecule has 2 rings (SSSR count). The average molecular weight is 270 g/mol. The molecule has 3 nitrogen and oxygen atoms in total. The standard InChI is InChI=1S/C17H22N2O/c1-4-16(18-3)15-7-5-6-8-17(15)20-12-14-9-13(2)10-19-11-14/h5-11,16,18H,4,12H2,1-3H3. The van der Waals surface area contributed by atoms with Crippen molar-refractivity contribution in [3.8, 4) is 5.75 Å². The second-order valence-electron chi connectivity index (χ2n) is 4.95. The van der Waals surface area contributed by atoms with Crippen LogP contribution in [-0.4, -0.2) is 12.0 Å². The molecular weight excluding hydrogens is 248 g/mol. The fourth-order valence-electron chi connectivity index (χ4n) is 2.34. The molecule has 0 bridgehead atoms. The number of hydrogen-bond acceptors (Lipinski definition) is 3. The molecule has 0 amide bonds. The summed E-state index contributed by atoms with van der Waals surface area (Å²) in [5.41, 5.74) is 3.46.